The van der Waals surface area contributed by atoms with Crippen LogP contribution in [0.4, 0.5) is 21.5 Å². The molecule has 1 aliphatic heterocycles. The maximum atomic E-state index is 13.6. The summed E-state index contributed by atoms with van der Waals surface area (Å²) in [5, 5.41) is 13.4. The van der Waals surface area contributed by atoms with E-state index < -0.39 is 5.82 Å². The minimum Gasteiger partial charge on any atom is -0.489 e. The second kappa shape index (κ2) is 9.45. The van der Waals surface area contributed by atoms with Gasteiger partial charge in [-0.2, -0.15) is 5.26 Å². The monoisotopic (exact) mass is 465 g/mol. The summed E-state index contributed by atoms with van der Waals surface area (Å²) < 4.78 is 19.4. The van der Waals surface area contributed by atoms with Crippen LogP contribution >= 0.6 is 11.6 Å². The number of nitrogens with zero attached hydrogens (tertiary/aromatic N) is 4. The van der Waals surface area contributed by atoms with Crippen LogP contribution < -0.4 is 15.0 Å². The number of rotatable bonds is 5. The lowest BCUT2D eigenvalue weighted by Crippen LogP contribution is -2.37. The highest BCUT2D eigenvalue weighted by atomic mass is 35.5. The molecule has 0 aliphatic carbocycles. The number of halogens is 2. The Hall–Kier alpha value is -3.67. The fourth-order valence-corrected chi connectivity index (χ4v) is 3.70. The number of nitrogens with one attached hydrogen (secondary N) is 1. The van der Waals surface area contributed by atoms with Gasteiger partial charge in [0.1, 0.15) is 24.2 Å². The predicted molar refractivity (Wildman–Crippen MR) is 127 cm³/mol. The van der Waals surface area contributed by atoms with Gasteiger partial charge in [0.15, 0.2) is 0 Å². The number of benzene rings is 2. The zero-order valence-electron chi connectivity index (χ0n) is 18.1. The molecule has 168 valence electrons. The lowest BCUT2D eigenvalue weighted by molar-refractivity contribution is -0.114. The van der Waals surface area contributed by atoms with Gasteiger partial charge in [-0.1, -0.05) is 17.7 Å². The van der Waals surface area contributed by atoms with Crippen LogP contribution in [0.1, 0.15) is 5.56 Å². The molecule has 3 aromatic rings. The zero-order chi connectivity index (χ0) is 23.5. The number of nitriles is 1. The zero-order valence-corrected chi connectivity index (χ0v) is 18.9. The standard InChI is InChI=1S/C24H21ClFN5O2/c1-30(2)7-3-4-23(32)31-8-9-33-22-12-20-17(11-21(22)31)24(15(13-27)14-28-20)29-16-5-6-19(26)18(25)10-16/h3-6,10-12,14H,7-9H2,1-2H3,(H,28,29)/b4-3+. The largest absolute Gasteiger partial charge is 0.489 e. The molecular weight excluding hydrogens is 445 g/mol. The average molecular weight is 466 g/mol. The SMILES string of the molecule is CN(C)C/C=C/C(=O)N1CCOc2cc3ncc(C#N)c(Nc4ccc(F)c(Cl)c4)c3cc21. The molecule has 0 atom stereocenters. The molecular formula is C24H21ClFN5O2. The van der Waals surface area contributed by atoms with E-state index in [0.29, 0.717) is 59.0 Å². The average Bonchev–Trinajstić information content (AvgIpc) is 2.79. The van der Waals surface area contributed by atoms with Gasteiger partial charge in [-0.15, -0.1) is 0 Å². The number of anilines is 3. The second-order valence-corrected chi connectivity index (χ2v) is 8.16. The molecule has 0 saturated carbocycles. The summed E-state index contributed by atoms with van der Waals surface area (Å²) in [4.78, 5) is 20.9. The third-order valence-electron chi connectivity index (χ3n) is 5.12. The molecule has 9 heteroatoms. The maximum Gasteiger partial charge on any atom is 0.250 e. The van der Waals surface area contributed by atoms with E-state index in [4.69, 9.17) is 16.3 Å². The van der Waals surface area contributed by atoms with E-state index in [0.717, 1.165) is 0 Å². The molecule has 1 amide bonds. The number of ether oxygens (including phenoxy) is 1. The van der Waals surface area contributed by atoms with Crippen LogP contribution in [0.5, 0.6) is 5.75 Å². The Labute approximate surface area is 195 Å². The number of carbonyl (C=O) groups is 1. The number of aromatic nitrogens is 1. The van der Waals surface area contributed by atoms with Gasteiger partial charge in [-0.3, -0.25) is 9.78 Å². The molecule has 1 aliphatic rings. The number of pyridine rings is 1. The number of fused-ring (bicyclic) bond motifs is 2. The smallest absolute Gasteiger partial charge is 0.250 e. The highest BCUT2D eigenvalue weighted by Crippen LogP contribution is 2.39. The van der Waals surface area contributed by atoms with Crippen molar-refractivity contribution < 1.29 is 13.9 Å². The van der Waals surface area contributed by atoms with Gasteiger partial charge >= 0.3 is 0 Å². The van der Waals surface area contributed by atoms with Crippen molar-refractivity contribution in [2.24, 2.45) is 0 Å². The number of hydrogen-bond acceptors (Lipinski definition) is 6. The van der Waals surface area contributed by atoms with Crippen LogP contribution in [0.3, 0.4) is 0 Å². The van der Waals surface area contributed by atoms with E-state index in [-0.39, 0.29) is 10.9 Å². The molecule has 0 radical (unpaired) electrons. The number of amides is 1. The summed E-state index contributed by atoms with van der Waals surface area (Å²) in [5.74, 6) is -0.161. The normalized spacial score (nSPS) is 13.2. The van der Waals surface area contributed by atoms with Crippen LogP contribution in [-0.4, -0.2) is 49.6 Å². The van der Waals surface area contributed by atoms with Crippen LogP contribution in [0, 0.1) is 17.1 Å². The number of hydrogen-bond donors (Lipinski definition) is 1. The molecule has 1 aromatic heterocycles. The highest BCUT2D eigenvalue weighted by molar-refractivity contribution is 6.31. The Morgan fingerprint density at radius 1 is 1.39 bits per heavy atom. The molecule has 0 saturated heterocycles. The third kappa shape index (κ3) is 4.75. The van der Waals surface area contributed by atoms with Gasteiger partial charge in [-0.05, 0) is 38.4 Å². The van der Waals surface area contributed by atoms with Crippen molar-refractivity contribution in [2.45, 2.75) is 0 Å². The van der Waals surface area contributed by atoms with Crippen molar-refractivity contribution in [3.8, 4) is 11.8 Å². The first kappa shape index (κ1) is 22.5. The molecule has 0 spiro atoms. The van der Waals surface area contributed by atoms with Gasteiger partial charge in [0.25, 0.3) is 5.91 Å². The molecule has 33 heavy (non-hydrogen) atoms. The second-order valence-electron chi connectivity index (χ2n) is 7.75. The highest BCUT2D eigenvalue weighted by Gasteiger charge is 2.24. The van der Waals surface area contributed by atoms with Gasteiger partial charge in [0.2, 0.25) is 0 Å². The molecule has 1 N–H and O–H groups in total. The molecule has 7 nitrogen and oxygen atoms in total. The summed E-state index contributed by atoms with van der Waals surface area (Å²) in [6.07, 6.45) is 4.81. The third-order valence-corrected chi connectivity index (χ3v) is 5.41. The molecule has 0 fully saturated rings. The van der Waals surface area contributed by atoms with E-state index in [9.17, 15) is 14.4 Å². The fraction of sp³-hybridized carbons (Fsp3) is 0.208. The Bertz CT molecular complexity index is 1300. The fourth-order valence-electron chi connectivity index (χ4n) is 3.52. The minimum absolute atomic E-state index is 0.0380. The van der Waals surface area contributed by atoms with Crippen molar-refractivity contribution >= 4 is 45.5 Å². The Balaban J connectivity index is 1.79. The summed E-state index contributed by atoms with van der Waals surface area (Å²) in [5.41, 5.74) is 2.46. The lowest BCUT2D eigenvalue weighted by atomic mass is 10.1. The van der Waals surface area contributed by atoms with Crippen LogP contribution in [0.25, 0.3) is 10.9 Å². The molecule has 2 heterocycles. The molecule has 0 unspecified atom stereocenters. The van der Waals surface area contributed by atoms with Crippen molar-refractivity contribution in [3.63, 3.8) is 0 Å². The quantitative estimate of drug-likeness (QED) is 0.559. The lowest BCUT2D eigenvalue weighted by Gasteiger charge is -2.29. The maximum absolute atomic E-state index is 13.6. The molecule has 0 bridgehead atoms. The van der Waals surface area contributed by atoms with Crippen molar-refractivity contribution in [2.75, 3.05) is 44.0 Å². The van der Waals surface area contributed by atoms with Crippen molar-refractivity contribution in [3.05, 3.63) is 65.1 Å². The summed E-state index contributed by atoms with van der Waals surface area (Å²) >= 11 is 5.92. The van der Waals surface area contributed by atoms with Crippen LogP contribution in [0.2, 0.25) is 5.02 Å². The van der Waals surface area contributed by atoms with Gasteiger partial charge in [0, 0.05) is 36.0 Å². The van der Waals surface area contributed by atoms with Crippen molar-refractivity contribution in [1.29, 1.82) is 5.26 Å². The minimum atomic E-state index is -0.537. The van der Waals surface area contributed by atoms with Gasteiger partial charge in [-0.25, -0.2) is 4.39 Å². The summed E-state index contributed by atoms with van der Waals surface area (Å²) in [7, 11) is 3.85. The number of carbonyl (C=O) groups excluding carboxylic acids is 1. The molecule has 4 rings (SSSR count). The first-order valence-corrected chi connectivity index (χ1v) is 10.6. The Morgan fingerprint density at radius 3 is 2.94 bits per heavy atom. The van der Waals surface area contributed by atoms with E-state index in [1.165, 1.54) is 24.4 Å². The van der Waals surface area contributed by atoms with Crippen molar-refractivity contribution in [1.82, 2.24) is 9.88 Å². The van der Waals surface area contributed by atoms with Crippen LogP contribution in [0.15, 0.2) is 48.7 Å². The summed E-state index contributed by atoms with van der Waals surface area (Å²) in [6.45, 7) is 1.40. The Morgan fingerprint density at radius 2 is 2.21 bits per heavy atom. The van der Waals surface area contributed by atoms with E-state index >= 15 is 0 Å². The van der Waals surface area contributed by atoms with Gasteiger partial charge in [0.05, 0.1) is 34.0 Å². The van der Waals surface area contributed by atoms with E-state index in [2.05, 4.69) is 16.4 Å². The summed E-state index contributed by atoms with van der Waals surface area (Å²) in [6, 6.07) is 9.87. The molecule has 2 aromatic carbocycles. The number of likely N-dealkylation sites (N-methyl/N-ethyl adjacent to an activating group) is 1. The van der Waals surface area contributed by atoms with Crippen LogP contribution in [-0.2, 0) is 4.79 Å². The van der Waals surface area contributed by atoms with E-state index in [1.54, 1.807) is 29.2 Å². The Kier molecular flexibility index (Phi) is 6.45. The first-order valence-electron chi connectivity index (χ1n) is 10.2. The predicted octanol–water partition coefficient (Wildman–Crippen LogP) is 4.49. The van der Waals surface area contributed by atoms with E-state index in [1.807, 2.05) is 19.0 Å². The van der Waals surface area contributed by atoms with Gasteiger partial charge < -0.3 is 19.9 Å². The topological polar surface area (TPSA) is 81.5 Å². The first-order chi connectivity index (χ1) is 15.9.